The molecule has 0 aromatic heterocycles. The molecule has 0 aliphatic heterocycles. The van der Waals surface area contributed by atoms with E-state index in [1.54, 1.807) is 0 Å². The largest absolute Gasteiger partial charge is 0.480 e. The summed E-state index contributed by atoms with van der Waals surface area (Å²) in [6.45, 7) is 2.69. The van der Waals surface area contributed by atoms with Crippen LogP contribution in [0.1, 0.15) is 24.8 Å². The fourth-order valence-electron chi connectivity index (χ4n) is 1.17. The first kappa shape index (κ1) is 15.6. The summed E-state index contributed by atoms with van der Waals surface area (Å²) >= 11 is 0. The van der Waals surface area contributed by atoms with Gasteiger partial charge in [0.05, 0.1) is 0 Å². The van der Waals surface area contributed by atoms with Crippen molar-refractivity contribution in [2.24, 2.45) is 11.5 Å². The van der Waals surface area contributed by atoms with Gasteiger partial charge in [0, 0.05) is 0 Å². The van der Waals surface area contributed by atoms with Gasteiger partial charge < -0.3 is 16.6 Å². The molecule has 0 aliphatic rings. The number of benzene rings is 1. The summed E-state index contributed by atoms with van der Waals surface area (Å²) in [6.07, 6.45) is 2.16. The molecule has 17 heavy (non-hydrogen) atoms. The number of carbonyl (C=O) groups is 1. The highest BCUT2D eigenvalue weighted by Gasteiger charge is 2.09. The molecule has 0 spiro atoms. The van der Waals surface area contributed by atoms with E-state index in [4.69, 9.17) is 16.6 Å². The number of carboxylic acids is 1. The van der Waals surface area contributed by atoms with Crippen LogP contribution < -0.4 is 11.5 Å². The Bertz CT molecular complexity index is 302. The maximum Gasteiger partial charge on any atom is 0.320 e. The number of nitrogens with two attached hydrogens (primary N) is 2. The van der Waals surface area contributed by atoms with Crippen molar-refractivity contribution >= 4 is 5.97 Å². The van der Waals surface area contributed by atoms with E-state index in [0.29, 0.717) is 13.0 Å². The molecule has 4 nitrogen and oxygen atoms in total. The lowest BCUT2D eigenvalue weighted by Gasteiger charge is -2.03. The van der Waals surface area contributed by atoms with E-state index < -0.39 is 12.0 Å². The average Bonchev–Trinajstić information content (AvgIpc) is 2.31. The van der Waals surface area contributed by atoms with Gasteiger partial charge in [-0.15, -0.1) is 0 Å². The Morgan fingerprint density at radius 1 is 1.29 bits per heavy atom. The Kier molecular flexibility index (Phi) is 9.01. The summed E-state index contributed by atoms with van der Waals surface area (Å²) in [5.74, 6) is -0.933. The minimum atomic E-state index is -0.933. The van der Waals surface area contributed by atoms with Gasteiger partial charge in [-0.05, 0) is 26.3 Å². The summed E-state index contributed by atoms with van der Waals surface area (Å²) in [4.78, 5) is 10.1. The second-order valence-corrected chi connectivity index (χ2v) is 3.88. The predicted octanol–water partition coefficient (Wildman–Crippen LogP) is 1.52. The number of carboxylic acid groups (broad SMARTS) is 1. The van der Waals surface area contributed by atoms with Crippen LogP contribution in [0.4, 0.5) is 0 Å². The van der Waals surface area contributed by atoms with E-state index in [-0.39, 0.29) is 0 Å². The quantitative estimate of drug-likeness (QED) is 0.678. The molecule has 5 N–H and O–H groups in total. The highest BCUT2D eigenvalue weighted by atomic mass is 16.4. The van der Waals surface area contributed by atoms with Crippen molar-refractivity contribution in [3.63, 3.8) is 0 Å². The van der Waals surface area contributed by atoms with Crippen molar-refractivity contribution in [1.29, 1.82) is 0 Å². The molecule has 0 radical (unpaired) electrons. The number of rotatable bonds is 5. The smallest absolute Gasteiger partial charge is 0.320 e. The molecule has 0 bridgehead atoms. The van der Waals surface area contributed by atoms with E-state index >= 15 is 0 Å². The third-order valence-electron chi connectivity index (χ3n) is 2.23. The summed E-state index contributed by atoms with van der Waals surface area (Å²) in [5, 5.41) is 8.33. The molecule has 0 fully saturated rings. The first-order chi connectivity index (χ1) is 8.07. The van der Waals surface area contributed by atoms with E-state index in [0.717, 1.165) is 12.8 Å². The first-order valence-corrected chi connectivity index (χ1v) is 5.78. The van der Waals surface area contributed by atoms with Gasteiger partial charge in [-0.3, -0.25) is 4.79 Å². The number of hydrogen-bond acceptors (Lipinski definition) is 3. The summed E-state index contributed by atoms with van der Waals surface area (Å²) in [6, 6.07) is 9.55. The summed E-state index contributed by atoms with van der Waals surface area (Å²) in [5.41, 5.74) is 11.7. The SMILES string of the molecule is Cc1ccccc1.NCCCC[C@H](N)C(=O)O. The molecule has 96 valence electrons. The van der Waals surface area contributed by atoms with Crippen molar-refractivity contribution in [1.82, 2.24) is 0 Å². The Balaban J connectivity index is 0.000000318. The Morgan fingerprint density at radius 3 is 2.24 bits per heavy atom. The van der Waals surface area contributed by atoms with Crippen LogP contribution in [0.25, 0.3) is 0 Å². The van der Waals surface area contributed by atoms with Crippen molar-refractivity contribution < 1.29 is 9.90 Å². The molecule has 0 amide bonds. The lowest BCUT2D eigenvalue weighted by atomic mass is 10.1. The monoisotopic (exact) mass is 238 g/mol. The third kappa shape index (κ3) is 9.53. The number of aryl methyl sites for hydroxylation is 1. The highest BCUT2D eigenvalue weighted by molar-refractivity contribution is 5.72. The third-order valence-corrected chi connectivity index (χ3v) is 2.23. The van der Waals surface area contributed by atoms with Crippen LogP contribution in [0.5, 0.6) is 0 Å². The Morgan fingerprint density at radius 2 is 1.88 bits per heavy atom. The van der Waals surface area contributed by atoms with Crippen LogP contribution in [0.15, 0.2) is 30.3 Å². The lowest BCUT2D eigenvalue weighted by Crippen LogP contribution is -2.29. The summed E-state index contributed by atoms with van der Waals surface area (Å²) < 4.78 is 0. The number of hydrogen-bond donors (Lipinski definition) is 3. The van der Waals surface area contributed by atoms with E-state index in [9.17, 15) is 4.79 Å². The minimum Gasteiger partial charge on any atom is -0.480 e. The number of unbranched alkanes of at least 4 members (excludes halogenated alkanes) is 1. The fourth-order valence-corrected chi connectivity index (χ4v) is 1.17. The molecule has 0 saturated carbocycles. The maximum absolute atomic E-state index is 10.1. The van der Waals surface area contributed by atoms with Crippen LogP contribution >= 0.6 is 0 Å². The van der Waals surface area contributed by atoms with Gasteiger partial charge in [-0.25, -0.2) is 0 Å². The molecule has 1 aromatic rings. The number of aliphatic carboxylic acids is 1. The van der Waals surface area contributed by atoms with Gasteiger partial charge in [0.25, 0.3) is 0 Å². The van der Waals surface area contributed by atoms with Crippen molar-refractivity contribution in [2.45, 2.75) is 32.2 Å². The van der Waals surface area contributed by atoms with Gasteiger partial charge in [0.2, 0.25) is 0 Å². The van der Waals surface area contributed by atoms with Gasteiger partial charge in [-0.2, -0.15) is 0 Å². The molecule has 0 aliphatic carbocycles. The molecule has 0 unspecified atom stereocenters. The van der Waals surface area contributed by atoms with Crippen molar-refractivity contribution in [2.75, 3.05) is 6.54 Å². The predicted molar refractivity (Wildman–Crippen MR) is 69.7 cm³/mol. The molecule has 1 aromatic carbocycles. The van der Waals surface area contributed by atoms with Gasteiger partial charge in [-0.1, -0.05) is 42.3 Å². The lowest BCUT2D eigenvalue weighted by molar-refractivity contribution is -0.138. The van der Waals surface area contributed by atoms with Gasteiger partial charge >= 0.3 is 5.97 Å². The topological polar surface area (TPSA) is 89.3 Å². The zero-order valence-electron chi connectivity index (χ0n) is 10.3. The van der Waals surface area contributed by atoms with E-state index in [1.165, 1.54) is 5.56 Å². The van der Waals surface area contributed by atoms with Crippen LogP contribution in [0.2, 0.25) is 0 Å². The second-order valence-electron chi connectivity index (χ2n) is 3.88. The van der Waals surface area contributed by atoms with Crippen LogP contribution in [0, 0.1) is 6.92 Å². The molecule has 0 saturated heterocycles. The van der Waals surface area contributed by atoms with Crippen molar-refractivity contribution in [3.8, 4) is 0 Å². The maximum atomic E-state index is 10.1. The fraction of sp³-hybridized carbons (Fsp3) is 0.462. The molecular weight excluding hydrogens is 216 g/mol. The Hall–Kier alpha value is -1.39. The van der Waals surface area contributed by atoms with Crippen LogP contribution in [-0.4, -0.2) is 23.7 Å². The van der Waals surface area contributed by atoms with Crippen LogP contribution in [-0.2, 0) is 4.79 Å². The molecule has 1 atom stereocenters. The highest BCUT2D eigenvalue weighted by Crippen LogP contribution is 1.97. The minimum absolute atomic E-state index is 0.520. The molecule has 4 heteroatoms. The zero-order valence-corrected chi connectivity index (χ0v) is 10.3. The average molecular weight is 238 g/mol. The second kappa shape index (κ2) is 9.81. The van der Waals surface area contributed by atoms with E-state index in [2.05, 4.69) is 19.1 Å². The standard InChI is InChI=1S/C7H8.C6H14N2O2/c1-7-5-3-2-4-6-7;7-4-2-1-3-5(8)6(9)10/h2-6H,1H3;5H,1-4,7-8H2,(H,9,10)/t;5-/m.0/s1. The first-order valence-electron chi connectivity index (χ1n) is 5.78. The Labute approximate surface area is 103 Å². The molecule has 1 rings (SSSR count). The van der Waals surface area contributed by atoms with Gasteiger partial charge in [0.15, 0.2) is 0 Å². The van der Waals surface area contributed by atoms with E-state index in [1.807, 2.05) is 18.2 Å². The van der Waals surface area contributed by atoms with Gasteiger partial charge in [0.1, 0.15) is 6.04 Å². The summed E-state index contributed by atoms with van der Waals surface area (Å²) in [7, 11) is 0. The van der Waals surface area contributed by atoms with Crippen molar-refractivity contribution in [3.05, 3.63) is 35.9 Å². The normalized spacial score (nSPS) is 11.2. The molecule has 0 heterocycles. The van der Waals surface area contributed by atoms with Crippen LogP contribution in [0.3, 0.4) is 0 Å². The zero-order chi connectivity index (χ0) is 13.1. The molecular formula is C13H22N2O2.